The van der Waals surface area contributed by atoms with Crippen molar-refractivity contribution in [2.45, 2.75) is 0 Å². The smallest absolute Gasteiger partial charge is 0.149 e. The number of nitrogens with one attached hydrogen (secondary N) is 1. The first-order valence-electron chi connectivity index (χ1n) is 6.45. The number of phenols is 1. The standard InChI is InChI=1S/C16H11ClFN3O/c17-13-7-11(4-5-14(13)18)20-16-9-19-8-15(21-16)10-2-1-3-12(22)6-10/h1-9,22H,(H,20,21). The van der Waals surface area contributed by atoms with E-state index in [2.05, 4.69) is 15.3 Å². The zero-order chi connectivity index (χ0) is 15.5. The molecule has 4 nitrogen and oxygen atoms in total. The molecule has 0 saturated carbocycles. The van der Waals surface area contributed by atoms with E-state index < -0.39 is 5.82 Å². The van der Waals surface area contributed by atoms with Gasteiger partial charge < -0.3 is 10.4 Å². The summed E-state index contributed by atoms with van der Waals surface area (Å²) in [6.45, 7) is 0. The van der Waals surface area contributed by atoms with Gasteiger partial charge in [-0.3, -0.25) is 4.98 Å². The van der Waals surface area contributed by atoms with Gasteiger partial charge >= 0.3 is 0 Å². The van der Waals surface area contributed by atoms with Gasteiger partial charge in [-0.1, -0.05) is 23.7 Å². The van der Waals surface area contributed by atoms with Crippen LogP contribution in [-0.2, 0) is 0 Å². The molecule has 1 heterocycles. The van der Waals surface area contributed by atoms with Crippen LogP contribution < -0.4 is 5.32 Å². The van der Waals surface area contributed by atoms with Crippen molar-refractivity contribution in [3.8, 4) is 17.0 Å². The van der Waals surface area contributed by atoms with Crippen molar-refractivity contribution >= 4 is 23.1 Å². The molecule has 2 aromatic carbocycles. The summed E-state index contributed by atoms with van der Waals surface area (Å²) >= 11 is 5.75. The Kier molecular flexibility index (Phi) is 3.89. The molecule has 0 saturated heterocycles. The summed E-state index contributed by atoms with van der Waals surface area (Å²) in [5.41, 5.74) is 1.95. The molecule has 0 spiro atoms. The normalized spacial score (nSPS) is 10.5. The summed E-state index contributed by atoms with van der Waals surface area (Å²) < 4.78 is 13.1. The molecule has 0 aliphatic rings. The van der Waals surface area contributed by atoms with Crippen LogP contribution in [0.15, 0.2) is 54.9 Å². The van der Waals surface area contributed by atoms with Crippen LogP contribution in [0.3, 0.4) is 0 Å². The van der Waals surface area contributed by atoms with E-state index in [0.29, 0.717) is 17.2 Å². The van der Waals surface area contributed by atoms with Gasteiger partial charge in [0.2, 0.25) is 0 Å². The van der Waals surface area contributed by atoms with Crippen molar-refractivity contribution in [3.63, 3.8) is 0 Å². The van der Waals surface area contributed by atoms with Crippen LogP contribution in [0, 0.1) is 5.82 Å². The minimum atomic E-state index is -0.480. The molecule has 3 aromatic rings. The number of nitrogens with zero attached hydrogens (tertiary/aromatic N) is 2. The van der Waals surface area contributed by atoms with Gasteiger partial charge in [0.05, 0.1) is 23.1 Å². The summed E-state index contributed by atoms with van der Waals surface area (Å²) in [7, 11) is 0. The highest BCUT2D eigenvalue weighted by Gasteiger charge is 2.05. The quantitative estimate of drug-likeness (QED) is 0.753. The van der Waals surface area contributed by atoms with Crippen LogP contribution in [0.4, 0.5) is 15.9 Å². The molecule has 6 heteroatoms. The van der Waals surface area contributed by atoms with Gasteiger partial charge in [-0.2, -0.15) is 0 Å². The van der Waals surface area contributed by atoms with Gasteiger partial charge in [0, 0.05) is 11.3 Å². The molecule has 0 atom stereocenters. The lowest BCUT2D eigenvalue weighted by atomic mass is 10.1. The Morgan fingerprint density at radius 2 is 1.95 bits per heavy atom. The van der Waals surface area contributed by atoms with Crippen LogP contribution in [-0.4, -0.2) is 15.1 Å². The molecule has 0 aliphatic carbocycles. The second-order valence-corrected chi connectivity index (χ2v) is 5.00. The number of anilines is 2. The lowest BCUT2D eigenvalue weighted by Crippen LogP contribution is -1.96. The zero-order valence-corrected chi connectivity index (χ0v) is 12.0. The predicted molar refractivity (Wildman–Crippen MR) is 83.8 cm³/mol. The molecule has 3 rings (SSSR count). The number of aromatic nitrogens is 2. The number of phenolic OH excluding ortho intramolecular Hbond substituents is 1. The summed E-state index contributed by atoms with van der Waals surface area (Å²) in [6.07, 6.45) is 3.14. The van der Waals surface area contributed by atoms with Crippen LogP contribution in [0.2, 0.25) is 5.02 Å². The second-order valence-electron chi connectivity index (χ2n) is 4.59. The molecule has 1 aromatic heterocycles. The van der Waals surface area contributed by atoms with E-state index in [1.54, 1.807) is 36.7 Å². The number of rotatable bonds is 3. The molecule has 0 amide bonds. The van der Waals surface area contributed by atoms with Crippen molar-refractivity contribution in [2.75, 3.05) is 5.32 Å². The monoisotopic (exact) mass is 315 g/mol. The van der Waals surface area contributed by atoms with E-state index in [-0.39, 0.29) is 10.8 Å². The van der Waals surface area contributed by atoms with E-state index in [1.807, 2.05) is 6.07 Å². The van der Waals surface area contributed by atoms with E-state index >= 15 is 0 Å². The Balaban J connectivity index is 1.89. The fourth-order valence-corrected chi connectivity index (χ4v) is 2.13. The average Bonchev–Trinajstić information content (AvgIpc) is 2.51. The molecular weight excluding hydrogens is 305 g/mol. The van der Waals surface area contributed by atoms with Crippen molar-refractivity contribution < 1.29 is 9.50 Å². The Hall–Kier alpha value is -2.66. The lowest BCUT2D eigenvalue weighted by molar-refractivity contribution is 0.475. The van der Waals surface area contributed by atoms with Crippen LogP contribution in [0.25, 0.3) is 11.3 Å². The highest BCUT2D eigenvalue weighted by atomic mass is 35.5. The van der Waals surface area contributed by atoms with Crippen molar-refractivity contribution in [1.29, 1.82) is 0 Å². The van der Waals surface area contributed by atoms with E-state index in [4.69, 9.17) is 11.6 Å². The van der Waals surface area contributed by atoms with Gasteiger partial charge in [-0.05, 0) is 30.3 Å². The number of hydrogen-bond acceptors (Lipinski definition) is 4. The summed E-state index contributed by atoms with van der Waals surface area (Å²) in [6, 6.07) is 11.0. The third-order valence-electron chi connectivity index (χ3n) is 2.97. The van der Waals surface area contributed by atoms with Crippen LogP contribution >= 0.6 is 11.6 Å². The van der Waals surface area contributed by atoms with Gasteiger partial charge in [0.15, 0.2) is 0 Å². The molecule has 110 valence electrons. The summed E-state index contributed by atoms with van der Waals surface area (Å²) in [5, 5.41) is 12.6. The number of aromatic hydroxyl groups is 1. The minimum Gasteiger partial charge on any atom is -0.508 e. The van der Waals surface area contributed by atoms with Gasteiger partial charge in [0.25, 0.3) is 0 Å². The van der Waals surface area contributed by atoms with Gasteiger partial charge in [-0.15, -0.1) is 0 Å². The topological polar surface area (TPSA) is 58.0 Å². The van der Waals surface area contributed by atoms with Crippen LogP contribution in [0.5, 0.6) is 5.75 Å². The molecule has 0 aliphatic heterocycles. The minimum absolute atomic E-state index is 0.0297. The first-order valence-corrected chi connectivity index (χ1v) is 6.83. The van der Waals surface area contributed by atoms with E-state index in [9.17, 15) is 9.50 Å². The van der Waals surface area contributed by atoms with Gasteiger partial charge in [-0.25, -0.2) is 9.37 Å². The maximum atomic E-state index is 13.1. The lowest BCUT2D eigenvalue weighted by Gasteiger charge is -2.08. The molecule has 0 fully saturated rings. The van der Waals surface area contributed by atoms with Crippen molar-refractivity contribution in [1.82, 2.24) is 9.97 Å². The third kappa shape index (κ3) is 3.15. The van der Waals surface area contributed by atoms with Crippen LogP contribution in [0.1, 0.15) is 0 Å². The Bertz CT molecular complexity index is 826. The fraction of sp³-hybridized carbons (Fsp3) is 0. The molecule has 0 bridgehead atoms. The van der Waals surface area contributed by atoms with Gasteiger partial charge in [0.1, 0.15) is 17.4 Å². The third-order valence-corrected chi connectivity index (χ3v) is 3.26. The first kappa shape index (κ1) is 14.3. The predicted octanol–water partition coefficient (Wildman–Crippen LogP) is 4.39. The fourth-order valence-electron chi connectivity index (χ4n) is 1.95. The Labute approximate surface area is 131 Å². The van der Waals surface area contributed by atoms with Crippen molar-refractivity contribution in [3.05, 3.63) is 65.7 Å². The molecular formula is C16H11ClFN3O. The van der Waals surface area contributed by atoms with E-state index in [1.165, 1.54) is 12.1 Å². The summed E-state index contributed by atoms with van der Waals surface area (Å²) in [4.78, 5) is 8.52. The Morgan fingerprint density at radius 3 is 2.73 bits per heavy atom. The molecule has 22 heavy (non-hydrogen) atoms. The van der Waals surface area contributed by atoms with Crippen molar-refractivity contribution in [2.24, 2.45) is 0 Å². The maximum Gasteiger partial charge on any atom is 0.149 e. The van der Waals surface area contributed by atoms with E-state index in [0.717, 1.165) is 5.56 Å². The Morgan fingerprint density at radius 1 is 1.09 bits per heavy atom. The zero-order valence-electron chi connectivity index (χ0n) is 11.3. The first-order chi connectivity index (χ1) is 10.6. The molecule has 2 N–H and O–H groups in total. The second kappa shape index (κ2) is 5.99. The highest BCUT2D eigenvalue weighted by molar-refractivity contribution is 6.31. The molecule has 0 radical (unpaired) electrons. The SMILES string of the molecule is Oc1cccc(-c2cncc(Nc3ccc(F)c(Cl)c3)n2)c1. The highest BCUT2D eigenvalue weighted by Crippen LogP contribution is 2.24. The average molecular weight is 316 g/mol. The molecule has 0 unspecified atom stereocenters. The maximum absolute atomic E-state index is 13.1. The number of hydrogen-bond donors (Lipinski definition) is 2. The number of halogens is 2. The number of benzene rings is 2. The summed E-state index contributed by atoms with van der Waals surface area (Å²) in [5.74, 6) is 0.165. The largest absolute Gasteiger partial charge is 0.508 e.